The van der Waals surface area contributed by atoms with Crippen LogP contribution in [0.4, 0.5) is 5.69 Å². The van der Waals surface area contributed by atoms with Gasteiger partial charge in [0.25, 0.3) is 0 Å². The molecule has 0 saturated carbocycles. The van der Waals surface area contributed by atoms with Gasteiger partial charge in [0.1, 0.15) is 0 Å². The number of benzene rings is 2. The maximum atomic E-state index is 7.50. The van der Waals surface area contributed by atoms with E-state index in [4.69, 9.17) is 10.8 Å². The van der Waals surface area contributed by atoms with Crippen LogP contribution in [0.15, 0.2) is 54.9 Å². The van der Waals surface area contributed by atoms with Crippen molar-refractivity contribution in [2.24, 2.45) is 0 Å². The van der Waals surface area contributed by atoms with Crippen LogP contribution in [0.25, 0.3) is 11.1 Å². The highest BCUT2D eigenvalue weighted by Crippen LogP contribution is 2.31. The van der Waals surface area contributed by atoms with E-state index in [2.05, 4.69) is 57.6 Å². The summed E-state index contributed by atoms with van der Waals surface area (Å²) in [6.45, 7) is 1.94. The normalized spacial score (nSPS) is 14.4. The largest absolute Gasteiger partial charge is 0.367 e. The van der Waals surface area contributed by atoms with Gasteiger partial charge >= 0.3 is 0 Å². The standard InChI is InChI=1S/C22H23N5/c23-11-20(12-24)18-7-8-22-19(10-18)2-1-9-27(22)15-16-3-5-17(6-4-16)21-13-25-26-14-21/h3-8,10-14,20,23-24H,1-2,9,15H2,(H,25,26). The minimum atomic E-state index is -0.221. The van der Waals surface area contributed by atoms with Crippen LogP contribution in [0.1, 0.15) is 29.0 Å². The molecule has 0 unspecified atom stereocenters. The van der Waals surface area contributed by atoms with Gasteiger partial charge in [-0.25, -0.2) is 0 Å². The molecule has 0 spiro atoms. The fourth-order valence-corrected chi connectivity index (χ4v) is 3.74. The second-order valence-electron chi connectivity index (χ2n) is 6.96. The molecule has 3 N–H and O–H groups in total. The van der Waals surface area contributed by atoms with Gasteiger partial charge in [-0.05, 0) is 41.2 Å². The predicted octanol–water partition coefficient (Wildman–Crippen LogP) is 4.41. The van der Waals surface area contributed by atoms with Crippen LogP contribution in [0.5, 0.6) is 0 Å². The van der Waals surface area contributed by atoms with Crippen LogP contribution >= 0.6 is 0 Å². The van der Waals surface area contributed by atoms with E-state index in [9.17, 15) is 0 Å². The number of aryl methyl sites for hydroxylation is 1. The second-order valence-corrected chi connectivity index (χ2v) is 6.96. The topological polar surface area (TPSA) is 79.6 Å². The van der Waals surface area contributed by atoms with Crippen molar-refractivity contribution in [3.8, 4) is 11.1 Å². The zero-order valence-corrected chi connectivity index (χ0v) is 15.2. The van der Waals surface area contributed by atoms with E-state index in [-0.39, 0.29) is 5.92 Å². The molecule has 0 fully saturated rings. The van der Waals surface area contributed by atoms with Crippen molar-refractivity contribution in [2.45, 2.75) is 25.3 Å². The third kappa shape index (κ3) is 3.53. The molecule has 2 aromatic carbocycles. The Morgan fingerprint density at radius 3 is 2.59 bits per heavy atom. The summed E-state index contributed by atoms with van der Waals surface area (Å²) in [7, 11) is 0. The Hall–Kier alpha value is -3.21. The Kier molecular flexibility index (Phi) is 4.83. The Morgan fingerprint density at radius 1 is 1.07 bits per heavy atom. The number of nitrogens with one attached hydrogen (secondary N) is 3. The molecule has 0 amide bonds. The van der Waals surface area contributed by atoms with Gasteiger partial charge in [-0.1, -0.05) is 36.4 Å². The maximum Gasteiger partial charge on any atom is 0.0565 e. The summed E-state index contributed by atoms with van der Waals surface area (Å²) in [6.07, 6.45) is 8.59. The monoisotopic (exact) mass is 357 g/mol. The van der Waals surface area contributed by atoms with Crippen molar-refractivity contribution in [2.75, 3.05) is 11.4 Å². The lowest BCUT2D eigenvalue weighted by Gasteiger charge is -2.32. The maximum absolute atomic E-state index is 7.50. The number of hydrogen-bond donors (Lipinski definition) is 3. The van der Waals surface area contributed by atoms with Gasteiger partial charge in [0.2, 0.25) is 0 Å². The number of fused-ring (bicyclic) bond motifs is 1. The van der Waals surface area contributed by atoms with E-state index >= 15 is 0 Å². The molecule has 3 aromatic rings. The molecule has 4 rings (SSSR count). The van der Waals surface area contributed by atoms with Crippen molar-refractivity contribution < 1.29 is 0 Å². The van der Waals surface area contributed by atoms with Gasteiger partial charge < -0.3 is 15.7 Å². The third-order valence-corrected chi connectivity index (χ3v) is 5.22. The highest BCUT2D eigenvalue weighted by atomic mass is 15.1. The zero-order chi connectivity index (χ0) is 18.6. The van der Waals surface area contributed by atoms with Gasteiger partial charge in [-0.15, -0.1) is 0 Å². The molecule has 0 saturated heterocycles. The molecule has 27 heavy (non-hydrogen) atoms. The quantitative estimate of drug-likeness (QED) is 0.571. The molecule has 5 heteroatoms. The summed E-state index contributed by atoms with van der Waals surface area (Å²) < 4.78 is 0. The van der Waals surface area contributed by atoms with Gasteiger partial charge in [-0.3, -0.25) is 5.10 Å². The molecule has 136 valence electrons. The summed E-state index contributed by atoms with van der Waals surface area (Å²) in [5, 5.41) is 21.9. The minimum absolute atomic E-state index is 0.221. The van der Waals surface area contributed by atoms with Gasteiger partial charge in [0, 0.05) is 43.0 Å². The lowest BCUT2D eigenvalue weighted by atomic mass is 9.93. The lowest BCUT2D eigenvalue weighted by Crippen LogP contribution is -2.29. The van der Waals surface area contributed by atoms with Crippen LogP contribution in [0.2, 0.25) is 0 Å². The van der Waals surface area contributed by atoms with Crippen LogP contribution in [0, 0.1) is 10.8 Å². The number of rotatable bonds is 6. The summed E-state index contributed by atoms with van der Waals surface area (Å²) >= 11 is 0. The molecule has 1 aromatic heterocycles. The van der Waals surface area contributed by atoms with E-state index in [0.29, 0.717) is 0 Å². The highest BCUT2D eigenvalue weighted by molar-refractivity contribution is 5.87. The van der Waals surface area contributed by atoms with Crippen LogP contribution < -0.4 is 4.90 Å². The van der Waals surface area contributed by atoms with Gasteiger partial charge in [0.05, 0.1) is 12.1 Å². The van der Waals surface area contributed by atoms with Crippen molar-refractivity contribution in [3.05, 3.63) is 71.5 Å². The van der Waals surface area contributed by atoms with Gasteiger partial charge in [0.15, 0.2) is 0 Å². The summed E-state index contributed by atoms with van der Waals surface area (Å²) in [5.74, 6) is -0.221. The van der Waals surface area contributed by atoms with E-state index in [1.165, 1.54) is 34.8 Å². The molecule has 0 atom stereocenters. The second kappa shape index (κ2) is 7.58. The van der Waals surface area contributed by atoms with Crippen LogP contribution in [-0.2, 0) is 13.0 Å². The molecule has 0 aliphatic carbocycles. The molecule has 0 radical (unpaired) electrons. The summed E-state index contributed by atoms with van der Waals surface area (Å²) in [5.41, 5.74) is 7.19. The predicted molar refractivity (Wildman–Crippen MR) is 110 cm³/mol. The third-order valence-electron chi connectivity index (χ3n) is 5.22. The molecule has 1 aliphatic rings. The first-order valence-electron chi connectivity index (χ1n) is 9.25. The molecular formula is C22H23N5. The van der Waals surface area contributed by atoms with Crippen molar-refractivity contribution in [1.29, 1.82) is 10.8 Å². The Labute approximate surface area is 159 Å². The Bertz CT molecular complexity index is 920. The number of H-pyrrole nitrogens is 1. The fourth-order valence-electron chi connectivity index (χ4n) is 3.74. The van der Waals surface area contributed by atoms with Crippen molar-refractivity contribution >= 4 is 18.1 Å². The van der Waals surface area contributed by atoms with Gasteiger partial charge in [-0.2, -0.15) is 5.10 Å². The molecule has 5 nitrogen and oxygen atoms in total. The van der Waals surface area contributed by atoms with E-state index < -0.39 is 0 Å². The van der Waals surface area contributed by atoms with Crippen LogP contribution in [-0.4, -0.2) is 29.2 Å². The first-order chi connectivity index (χ1) is 13.3. The van der Waals surface area contributed by atoms with E-state index in [1.54, 1.807) is 0 Å². The minimum Gasteiger partial charge on any atom is -0.367 e. The summed E-state index contributed by atoms with van der Waals surface area (Å²) in [4.78, 5) is 2.43. The number of aromatic nitrogens is 2. The SMILES string of the molecule is N=CC(C=N)c1ccc2c(c1)CCCN2Cc1ccc(-c2cn[nH]c2)cc1. The molecular weight excluding hydrogens is 334 g/mol. The molecule has 0 bridgehead atoms. The summed E-state index contributed by atoms with van der Waals surface area (Å²) in [6, 6.07) is 15.0. The van der Waals surface area contributed by atoms with Crippen LogP contribution in [0.3, 0.4) is 0 Å². The average molecular weight is 357 g/mol. The average Bonchev–Trinajstić information content (AvgIpc) is 3.24. The smallest absolute Gasteiger partial charge is 0.0565 e. The first-order valence-corrected chi connectivity index (χ1v) is 9.25. The number of anilines is 1. The number of aromatic amines is 1. The number of nitrogens with zero attached hydrogens (tertiary/aromatic N) is 2. The number of hydrogen-bond acceptors (Lipinski definition) is 4. The van der Waals surface area contributed by atoms with E-state index in [0.717, 1.165) is 37.1 Å². The van der Waals surface area contributed by atoms with E-state index in [1.807, 2.05) is 12.4 Å². The Balaban J connectivity index is 1.54. The van der Waals surface area contributed by atoms with Crippen molar-refractivity contribution in [1.82, 2.24) is 10.2 Å². The molecule has 1 aliphatic heterocycles. The fraction of sp³-hybridized carbons (Fsp3) is 0.227. The first kappa shape index (κ1) is 17.2. The highest BCUT2D eigenvalue weighted by Gasteiger charge is 2.18. The lowest BCUT2D eigenvalue weighted by molar-refractivity contribution is 0.690. The zero-order valence-electron chi connectivity index (χ0n) is 15.2. The molecule has 2 heterocycles. The van der Waals surface area contributed by atoms with Crippen molar-refractivity contribution in [3.63, 3.8) is 0 Å². The Morgan fingerprint density at radius 2 is 1.89 bits per heavy atom.